The second-order valence-corrected chi connectivity index (χ2v) is 10.4. The zero-order chi connectivity index (χ0) is 19.2. The van der Waals surface area contributed by atoms with E-state index >= 15 is 0 Å². The van der Waals surface area contributed by atoms with Crippen LogP contribution in [0.25, 0.3) is 11.3 Å². The van der Waals surface area contributed by atoms with E-state index in [4.69, 9.17) is 4.98 Å². The molecule has 0 radical (unpaired) electrons. The van der Waals surface area contributed by atoms with Gasteiger partial charge in [-0.2, -0.15) is 0 Å². The van der Waals surface area contributed by atoms with Crippen molar-refractivity contribution in [2.45, 2.75) is 78.1 Å². The molecule has 0 bridgehead atoms. The van der Waals surface area contributed by atoms with Gasteiger partial charge < -0.3 is 0 Å². The highest BCUT2D eigenvalue weighted by Crippen LogP contribution is 2.45. The van der Waals surface area contributed by atoms with E-state index in [1.165, 1.54) is 48.0 Å². The molecule has 3 rings (SSSR count). The van der Waals surface area contributed by atoms with Gasteiger partial charge in [0.05, 0.1) is 5.69 Å². The second kappa shape index (κ2) is 6.55. The van der Waals surface area contributed by atoms with Crippen LogP contribution in [0.2, 0.25) is 0 Å². The summed E-state index contributed by atoms with van der Waals surface area (Å²) in [5, 5.41) is 0. The first kappa shape index (κ1) is 19.2. The minimum absolute atomic E-state index is 0.190. The lowest BCUT2D eigenvalue weighted by Gasteiger charge is -2.42. The summed E-state index contributed by atoms with van der Waals surface area (Å²) in [5.74, 6) is 0. The molecule has 0 atom stereocenters. The summed E-state index contributed by atoms with van der Waals surface area (Å²) < 4.78 is 0. The van der Waals surface area contributed by atoms with Crippen molar-refractivity contribution in [3.8, 4) is 11.3 Å². The van der Waals surface area contributed by atoms with Crippen LogP contribution in [-0.4, -0.2) is 12.8 Å². The van der Waals surface area contributed by atoms with Crippen LogP contribution in [0.1, 0.15) is 78.4 Å². The van der Waals surface area contributed by atoms with Gasteiger partial charge in [0.2, 0.25) is 0 Å². The molecule has 1 fully saturated rings. The summed E-state index contributed by atoms with van der Waals surface area (Å²) in [6.45, 7) is 14.0. The number of benzene rings is 1. The summed E-state index contributed by atoms with van der Waals surface area (Å²) >= 11 is 0. The average molecular weight is 347 g/mol. The van der Waals surface area contributed by atoms with Crippen molar-refractivity contribution in [2.24, 2.45) is 5.41 Å². The molecule has 2 aromatic rings. The van der Waals surface area contributed by atoms with E-state index in [0.29, 0.717) is 5.41 Å². The molecule has 1 aliphatic carbocycles. The first-order valence-corrected chi connectivity index (χ1v) is 10.1. The predicted molar refractivity (Wildman–Crippen MR) is 116 cm³/mol. The molecule has 0 amide bonds. The SMILES string of the molecule is Bc1nc(-c2ccc(C(C)(C)C)cc2)ccc1C1(C)CCC(C)(C)CC1. The topological polar surface area (TPSA) is 12.9 Å². The van der Waals surface area contributed by atoms with E-state index in [1.807, 2.05) is 0 Å². The predicted octanol–water partition coefficient (Wildman–Crippen LogP) is 5.16. The van der Waals surface area contributed by atoms with Crippen molar-refractivity contribution in [3.05, 3.63) is 47.5 Å². The summed E-state index contributed by atoms with van der Waals surface area (Å²) in [6, 6.07) is 13.5. The molecule has 1 nitrogen and oxygen atoms in total. The number of hydrogen-bond donors (Lipinski definition) is 0. The zero-order valence-electron chi connectivity index (χ0n) is 17.7. The molecule has 1 aliphatic rings. The van der Waals surface area contributed by atoms with Crippen molar-refractivity contribution < 1.29 is 0 Å². The molecule has 2 heteroatoms. The highest BCUT2D eigenvalue weighted by molar-refractivity contribution is 6.32. The Morgan fingerprint density at radius 2 is 1.42 bits per heavy atom. The third-order valence-corrected chi connectivity index (χ3v) is 6.49. The largest absolute Gasteiger partial charge is 0.263 e. The molecular formula is C24H34BN. The Labute approximate surface area is 161 Å². The van der Waals surface area contributed by atoms with Crippen molar-refractivity contribution in [2.75, 3.05) is 0 Å². The Morgan fingerprint density at radius 1 is 0.846 bits per heavy atom. The molecule has 0 unspecified atom stereocenters. The van der Waals surface area contributed by atoms with E-state index < -0.39 is 0 Å². The first-order valence-electron chi connectivity index (χ1n) is 10.1. The Hall–Kier alpha value is -1.57. The maximum Gasteiger partial charge on any atom is 0.164 e. The van der Waals surface area contributed by atoms with Gasteiger partial charge in [-0.3, -0.25) is 4.98 Å². The van der Waals surface area contributed by atoms with Crippen LogP contribution in [0.4, 0.5) is 0 Å². The molecule has 0 saturated heterocycles. The van der Waals surface area contributed by atoms with Gasteiger partial charge in [0, 0.05) is 5.56 Å². The van der Waals surface area contributed by atoms with Crippen LogP contribution >= 0.6 is 0 Å². The van der Waals surface area contributed by atoms with Gasteiger partial charge >= 0.3 is 0 Å². The zero-order valence-corrected chi connectivity index (χ0v) is 17.7. The highest BCUT2D eigenvalue weighted by Gasteiger charge is 2.36. The minimum atomic E-state index is 0.190. The normalized spacial score (nSPS) is 19.3. The fraction of sp³-hybridized carbons (Fsp3) is 0.542. The van der Waals surface area contributed by atoms with Gasteiger partial charge in [-0.05, 0) is 64.7 Å². The second-order valence-electron chi connectivity index (χ2n) is 10.4. The average Bonchev–Trinajstić information content (AvgIpc) is 2.57. The van der Waals surface area contributed by atoms with E-state index in [-0.39, 0.29) is 10.8 Å². The maximum atomic E-state index is 4.99. The van der Waals surface area contributed by atoms with Gasteiger partial charge in [-0.1, -0.05) is 71.9 Å². The number of nitrogens with zero attached hydrogens (tertiary/aromatic N) is 1. The van der Waals surface area contributed by atoms with Gasteiger partial charge in [-0.25, -0.2) is 0 Å². The number of rotatable bonds is 2. The lowest BCUT2D eigenvalue weighted by atomic mass is 9.62. The Balaban J connectivity index is 1.86. The Kier molecular flexibility index (Phi) is 4.84. The first-order chi connectivity index (χ1) is 12.0. The van der Waals surface area contributed by atoms with Crippen LogP contribution in [0.5, 0.6) is 0 Å². The number of aromatic nitrogens is 1. The van der Waals surface area contributed by atoms with Crippen molar-refractivity contribution in [3.63, 3.8) is 0 Å². The molecule has 26 heavy (non-hydrogen) atoms. The molecule has 1 heterocycles. The smallest absolute Gasteiger partial charge is 0.164 e. The fourth-order valence-electron chi connectivity index (χ4n) is 4.25. The molecule has 0 spiro atoms. The van der Waals surface area contributed by atoms with Gasteiger partial charge in [-0.15, -0.1) is 0 Å². The van der Waals surface area contributed by atoms with E-state index in [9.17, 15) is 0 Å². The Morgan fingerprint density at radius 3 is 1.92 bits per heavy atom. The van der Waals surface area contributed by atoms with Crippen LogP contribution < -0.4 is 5.59 Å². The quantitative estimate of drug-likeness (QED) is 0.684. The van der Waals surface area contributed by atoms with Crippen LogP contribution in [-0.2, 0) is 10.8 Å². The molecule has 0 N–H and O–H groups in total. The third-order valence-electron chi connectivity index (χ3n) is 6.49. The van der Waals surface area contributed by atoms with Crippen LogP contribution in [0.3, 0.4) is 0 Å². The summed E-state index contributed by atoms with van der Waals surface area (Å²) in [7, 11) is 2.19. The lowest BCUT2D eigenvalue weighted by molar-refractivity contribution is 0.173. The van der Waals surface area contributed by atoms with Crippen molar-refractivity contribution in [1.82, 2.24) is 4.98 Å². The van der Waals surface area contributed by atoms with Crippen molar-refractivity contribution in [1.29, 1.82) is 0 Å². The summed E-state index contributed by atoms with van der Waals surface area (Å²) in [5.41, 5.74) is 7.28. The molecule has 1 aromatic heterocycles. The Bertz CT molecular complexity index is 771. The van der Waals surface area contributed by atoms with Gasteiger partial charge in [0.25, 0.3) is 0 Å². The van der Waals surface area contributed by atoms with Crippen LogP contribution in [0, 0.1) is 5.41 Å². The monoisotopic (exact) mass is 347 g/mol. The van der Waals surface area contributed by atoms with Gasteiger partial charge in [0.15, 0.2) is 7.85 Å². The molecule has 0 aliphatic heterocycles. The van der Waals surface area contributed by atoms with Crippen LogP contribution in [0.15, 0.2) is 36.4 Å². The standard InChI is InChI=1S/C24H34BN/c1-22(2,3)18-9-7-17(8-10-18)20-12-11-19(21(25)26-20)24(6)15-13-23(4,5)14-16-24/h7-12H,13-16,25H2,1-6H3. The molecule has 1 aromatic carbocycles. The third kappa shape index (κ3) is 3.90. The number of pyridine rings is 1. The molecule has 138 valence electrons. The van der Waals surface area contributed by atoms with E-state index in [1.54, 1.807) is 0 Å². The minimum Gasteiger partial charge on any atom is -0.263 e. The number of hydrogen-bond acceptors (Lipinski definition) is 1. The lowest BCUT2D eigenvalue weighted by Crippen LogP contribution is -2.36. The highest BCUT2D eigenvalue weighted by atomic mass is 14.7. The maximum absolute atomic E-state index is 4.99. The summed E-state index contributed by atoms with van der Waals surface area (Å²) in [6.07, 6.45) is 5.14. The summed E-state index contributed by atoms with van der Waals surface area (Å²) in [4.78, 5) is 4.99. The fourth-order valence-corrected chi connectivity index (χ4v) is 4.25. The van der Waals surface area contributed by atoms with Gasteiger partial charge in [0.1, 0.15) is 0 Å². The molecule has 1 saturated carbocycles. The molecular weight excluding hydrogens is 313 g/mol. The van der Waals surface area contributed by atoms with E-state index in [0.717, 1.165) is 5.69 Å². The van der Waals surface area contributed by atoms with E-state index in [2.05, 4.69) is 85.8 Å². The van der Waals surface area contributed by atoms with Crippen molar-refractivity contribution >= 4 is 13.4 Å².